The van der Waals surface area contributed by atoms with E-state index in [0.29, 0.717) is 0 Å². The van der Waals surface area contributed by atoms with E-state index in [2.05, 4.69) is 76.2 Å². The van der Waals surface area contributed by atoms with E-state index < -0.39 is 0 Å². The molecule has 0 amide bonds. The highest BCUT2D eigenvalue weighted by Gasteiger charge is 2.07. The third-order valence-corrected chi connectivity index (χ3v) is 5.81. The lowest BCUT2D eigenvalue weighted by Gasteiger charge is -2.12. The Morgan fingerprint density at radius 2 is 2.00 bits per heavy atom. The fraction of sp³-hybridized carbons (Fsp3) is 0.176. The van der Waals surface area contributed by atoms with Crippen LogP contribution in [0.3, 0.4) is 0 Å². The van der Waals surface area contributed by atoms with Crippen molar-refractivity contribution in [2.24, 2.45) is 0 Å². The second-order valence-electron chi connectivity index (χ2n) is 5.07. The van der Waals surface area contributed by atoms with Crippen LogP contribution in [0.2, 0.25) is 0 Å². The molecular formula is C17H16BrNS2. The molecule has 0 saturated heterocycles. The number of hydrogen-bond acceptors (Lipinski definition) is 3. The molecule has 3 aromatic rings. The molecule has 0 fully saturated rings. The lowest BCUT2D eigenvalue weighted by molar-refractivity contribution is 1.17. The molecule has 4 heteroatoms. The Kier molecular flexibility index (Phi) is 4.48. The molecule has 0 unspecified atom stereocenters. The van der Waals surface area contributed by atoms with Crippen LogP contribution in [-0.2, 0) is 6.54 Å². The van der Waals surface area contributed by atoms with Gasteiger partial charge >= 0.3 is 0 Å². The molecule has 2 heterocycles. The SMILES string of the molecule is Cc1cc(C)c(NCc2cc(-c3cccs3)cs2)c(Br)c1. The quantitative estimate of drug-likeness (QED) is 0.549. The monoisotopic (exact) mass is 377 g/mol. The average Bonchev–Trinajstić information content (AvgIpc) is 3.08. The minimum Gasteiger partial charge on any atom is -0.379 e. The molecule has 1 N–H and O–H groups in total. The zero-order chi connectivity index (χ0) is 14.8. The van der Waals surface area contributed by atoms with Crippen LogP contribution in [0.15, 0.2) is 45.6 Å². The summed E-state index contributed by atoms with van der Waals surface area (Å²) in [5.41, 5.74) is 5.07. The first-order valence-electron chi connectivity index (χ1n) is 6.75. The third-order valence-electron chi connectivity index (χ3n) is 3.33. The van der Waals surface area contributed by atoms with Crippen molar-refractivity contribution in [2.75, 3.05) is 5.32 Å². The maximum Gasteiger partial charge on any atom is 0.0517 e. The van der Waals surface area contributed by atoms with E-state index in [1.165, 1.54) is 32.1 Å². The van der Waals surface area contributed by atoms with Crippen molar-refractivity contribution < 1.29 is 0 Å². The number of nitrogens with one attached hydrogen (secondary N) is 1. The van der Waals surface area contributed by atoms with Crippen molar-refractivity contribution in [1.82, 2.24) is 0 Å². The molecule has 3 rings (SSSR count). The number of aryl methyl sites for hydroxylation is 2. The highest BCUT2D eigenvalue weighted by atomic mass is 79.9. The molecule has 0 radical (unpaired) electrons. The molecule has 0 saturated carbocycles. The summed E-state index contributed by atoms with van der Waals surface area (Å²) >= 11 is 7.25. The van der Waals surface area contributed by atoms with Gasteiger partial charge in [-0.05, 0) is 69.9 Å². The maximum absolute atomic E-state index is 3.65. The number of anilines is 1. The number of benzene rings is 1. The van der Waals surface area contributed by atoms with Gasteiger partial charge in [0.15, 0.2) is 0 Å². The molecule has 0 aliphatic rings. The molecule has 0 bridgehead atoms. The van der Waals surface area contributed by atoms with Crippen LogP contribution < -0.4 is 5.32 Å². The van der Waals surface area contributed by atoms with Gasteiger partial charge < -0.3 is 5.32 Å². The van der Waals surface area contributed by atoms with Crippen molar-refractivity contribution in [3.8, 4) is 10.4 Å². The Morgan fingerprint density at radius 3 is 2.71 bits per heavy atom. The lowest BCUT2D eigenvalue weighted by Crippen LogP contribution is -2.00. The van der Waals surface area contributed by atoms with Crippen molar-refractivity contribution in [3.63, 3.8) is 0 Å². The van der Waals surface area contributed by atoms with E-state index in [1.807, 2.05) is 11.3 Å². The summed E-state index contributed by atoms with van der Waals surface area (Å²) in [6, 6.07) is 10.9. The van der Waals surface area contributed by atoms with Gasteiger partial charge in [-0.15, -0.1) is 22.7 Å². The number of rotatable bonds is 4. The first-order valence-corrected chi connectivity index (χ1v) is 9.30. The van der Waals surface area contributed by atoms with E-state index in [0.717, 1.165) is 11.0 Å². The lowest BCUT2D eigenvalue weighted by atomic mass is 10.1. The van der Waals surface area contributed by atoms with Gasteiger partial charge in [-0.25, -0.2) is 0 Å². The van der Waals surface area contributed by atoms with Crippen LogP contribution in [0, 0.1) is 13.8 Å². The Labute approximate surface area is 141 Å². The highest BCUT2D eigenvalue weighted by molar-refractivity contribution is 9.10. The second-order valence-corrected chi connectivity index (χ2v) is 7.87. The standard InChI is InChI=1S/C17H16BrNS2/c1-11-6-12(2)17(15(18)7-11)19-9-14-8-13(10-21-14)16-4-3-5-20-16/h3-8,10,19H,9H2,1-2H3. The van der Waals surface area contributed by atoms with Crippen LogP contribution in [0.4, 0.5) is 5.69 Å². The number of halogens is 1. The van der Waals surface area contributed by atoms with Gasteiger partial charge in [0.2, 0.25) is 0 Å². The molecule has 0 aliphatic carbocycles. The van der Waals surface area contributed by atoms with Gasteiger partial charge in [-0.2, -0.15) is 0 Å². The fourth-order valence-electron chi connectivity index (χ4n) is 2.36. The Balaban J connectivity index is 1.74. The van der Waals surface area contributed by atoms with Crippen LogP contribution >= 0.6 is 38.6 Å². The fourth-order valence-corrected chi connectivity index (χ4v) is 4.79. The van der Waals surface area contributed by atoms with Crippen molar-refractivity contribution in [2.45, 2.75) is 20.4 Å². The van der Waals surface area contributed by atoms with Crippen LogP contribution in [0.1, 0.15) is 16.0 Å². The molecule has 0 spiro atoms. The Morgan fingerprint density at radius 1 is 1.14 bits per heavy atom. The number of hydrogen-bond donors (Lipinski definition) is 1. The third kappa shape index (κ3) is 3.39. The summed E-state index contributed by atoms with van der Waals surface area (Å²) in [6.45, 7) is 5.12. The van der Waals surface area contributed by atoms with Gasteiger partial charge in [0.1, 0.15) is 0 Å². The smallest absolute Gasteiger partial charge is 0.0517 e. The summed E-state index contributed by atoms with van der Waals surface area (Å²) in [6.07, 6.45) is 0. The van der Waals surface area contributed by atoms with Crippen LogP contribution in [0.25, 0.3) is 10.4 Å². The minimum absolute atomic E-state index is 0.860. The minimum atomic E-state index is 0.860. The summed E-state index contributed by atoms with van der Waals surface area (Å²) in [5, 5.41) is 7.91. The van der Waals surface area contributed by atoms with E-state index in [1.54, 1.807) is 11.3 Å². The first-order chi connectivity index (χ1) is 10.1. The van der Waals surface area contributed by atoms with Crippen LogP contribution in [-0.4, -0.2) is 0 Å². The van der Waals surface area contributed by atoms with Gasteiger partial charge in [0, 0.05) is 26.3 Å². The zero-order valence-corrected chi connectivity index (χ0v) is 15.2. The molecule has 2 aromatic heterocycles. The zero-order valence-electron chi connectivity index (χ0n) is 11.9. The predicted octanol–water partition coefficient (Wildman–Crippen LogP) is 6.47. The van der Waals surface area contributed by atoms with E-state index in [4.69, 9.17) is 0 Å². The van der Waals surface area contributed by atoms with E-state index >= 15 is 0 Å². The second kappa shape index (κ2) is 6.34. The summed E-state index contributed by atoms with van der Waals surface area (Å²) in [7, 11) is 0. The molecular weight excluding hydrogens is 362 g/mol. The molecule has 1 aromatic carbocycles. The van der Waals surface area contributed by atoms with E-state index in [9.17, 15) is 0 Å². The van der Waals surface area contributed by atoms with Crippen molar-refractivity contribution >= 4 is 44.3 Å². The summed E-state index contributed by atoms with van der Waals surface area (Å²) < 4.78 is 1.13. The normalized spacial score (nSPS) is 10.8. The highest BCUT2D eigenvalue weighted by Crippen LogP contribution is 2.31. The van der Waals surface area contributed by atoms with Crippen LogP contribution in [0.5, 0.6) is 0 Å². The summed E-state index contributed by atoms with van der Waals surface area (Å²) in [5.74, 6) is 0. The van der Waals surface area contributed by atoms with Gasteiger partial charge in [0.05, 0.1) is 5.69 Å². The Bertz CT molecular complexity index is 721. The molecule has 0 atom stereocenters. The topological polar surface area (TPSA) is 12.0 Å². The first kappa shape index (κ1) is 14.8. The average molecular weight is 378 g/mol. The van der Waals surface area contributed by atoms with E-state index in [-0.39, 0.29) is 0 Å². The van der Waals surface area contributed by atoms with Gasteiger partial charge in [-0.1, -0.05) is 12.1 Å². The molecule has 0 aliphatic heterocycles. The predicted molar refractivity (Wildman–Crippen MR) is 98.6 cm³/mol. The Hall–Kier alpha value is -1.10. The molecule has 108 valence electrons. The maximum atomic E-state index is 3.65. The summed E-state index contributed by atoms with van der Waals surface area (Å²) in [4.78, 5) is 2.69. The van der Waals surface area contributed by atoms with Gasteiger partial charge in [-0.3, -0.25) is 0 Å². The van der Waals surface area contributed by atoms with Crippen molar-refractivity contribution in [1.29, 1.82) is 0 Å². The molecule has 21 heavy (non-hydrogen) atoms. The number of thiophene rings is 2. The van der Waals surface area contributed by atoms with Crippen molar-refractivity contribution in [3.05, 3.63) is 61.6 Å². The largest absolute Gasteiger partial charge is 0.379 e. The van der Waals surface area contributed by atoms with Gasteiger partial charge in [0.25, 0.3) is 0 Å². The molecule has 1 nitrogen and oxygen atoms in total.